The van der Waals surface area contributed by atoms with Crippen LogP contribution in [0.15, 0.2) is 72.8 Å². The lowest BCUT2D eigenvalue weighted by molar-refractivity contribution is 1.25. The molecule has 0 bridgehead atoms. The molecule has 0 aromatic heterocycles. The van der Waals surface area contributed by atoms with Crippen LogP contribution >= 0.6 is 0 Å². The summed E-state index contributed by atoms with van der Waals surface area (Å²) < 4.78 is 0. The van der Waals surface area contributed by atoms with Gasteiger partial charge in [0.25, 0.3) is 0 Å². The number of aryl methyl sites for hydroxylation is 2. The van der Waals surface area contributed by atoms with Crippen LogP contribution in [0.5, 0.6) is 0 Å². The minimum atomic E-state index is 1.27. The molecule has 0 nitrogen and oxygen atoms in total. The van der Waals surface area contributed by atoms with E-state index < -0.39 is 0 Å². The van der Waals surface area contributed by atoms with Crippen LogP contribution < -0.4 is 0 Å². The molecule has 0 aliphatic heterocycles. The van der Waals surface area contributed by atoms with Crippen molar-refractivity contribution < 1.29 is 0 Å². The van der Waals surface area contributed by atoms with E-state index in [0.717, 1.165) is 0 Å². The van der Waals surface area contributed by atoms with Gasteiger partial charge in [0.05, 0.1) is 0 Å². The monoisotopic (exact) mass is 336 g/mol. The van der Waals surface area contributed by atoms with E-state index >= 15 is 0 Å². The van der Waals surface area contributed by atoms with E-state index in [4.69, 9.17) is 0 Å². The minimum Gasteiger partial charge on any atom is -0.0622 e. The molecule has 0 aliphatic rings. The van der Waals surface area contributed by atoms with Crippen molar-refractivity contribution in [1.29, 1.82) is 0 Å². The Kier molecular flexibility index (Phi) is 4.12. The van der Waals surface area contributed by atoms with Gasteiger partial charge in [0.2, 0.25) is 0 Å². The Bertz CT molecular complexity index is 1090. The highest BCUT2D eigenvalue weighted by atomic mass is 14.2. The molecule has 0 amide bonds. The molecule has 0 fully saturated rings. The van der Waals surface area contributed by atoms with Gasteiger partial charge >= 0.3 is 0 Å². The molecular formula is C26H24. The smallest absolute Gasteiger partial charge is 0.00240 e. The van der Waals surface area contributed by atoms with Crippen molar-refractivity contribution in [2.24, 2.45) is 0 Å². The summed E-state index contributed by atoms with van der Waals surface area (Å²) in [4.78, 5) is 0. The van der Waals surface area contributed by atoms with Crippen LogP contribution in [0.3, 0.4) is 0 Å². The highest BCUT2D eigenvalue weighted by Gasteiger charge is 2.17. The first kappa shape index (κ1) is 16.6. The molecule has 0 unspecified atom stereocenters. The van der Waals surface area contributed by atoms with Crippen LogP contribution in [0.2, 0.25) is 0 Å². The molecule has 0 heterocycles. The third-order valence-electron chi connectivity index (χ3n) is 5.82. The van der Waals surface area contributed by atoms with E-state index in [1.54, 1.807) is 0 Å². The van der Waals surface area contributed by atoms with Crippen molar-refractivity contribution in [1.82, 2.24) is 0 Å². The summed E-state index contributed by atoms with van der Waals surface area (Å²) in [7, 11) is 0. The maximum absolute atomic E-state index is 2.30. The Hall–Kier alpha value is -2.86. The molecule has 4 aromatic carbocycles. The third kappa shape index (κ3) is 2.54. The van der Waals surface area contributed by atoms with E-state index in [2.05, 4.69) is 100 Å². The highest BCUT2D eigenvalue weighted by molar-refractivity contribution is 6.07. The molecule has 4 aromatic rings. The fraction of sp³-hybridized carbons (Fsp3) is 0.154. The summed E-state index contributed by atoms with van der Waals surface area (Å²) in [5.74, 6) is 0. The molecule has 0 radical (unpaired) electrons. The van der Waals surface area contributed by atoms with Gasteiger partial charge in [0, 0.05) is 0 Å². The Morgan fingerprint density at radius 3 is 1.62 bits per heavy atom. The van der Waals surface area contributed by atoms with Gasteiger partial charge in [-0.2, -0.15) is 0 Å². The zero-order chi connectivity index (χ0) is 18.3. The molecule has 0 spiro atoms. The van der Waals surface area contributed by atoms with Crippen molar-refractivity contribution in [3.63, 3.8) is 0 Å². The second-order valence-electron chi connectivity index (χ2n) is 7.14. The summed E-state index contributed by atoms with van der Waals surface area (Å²) >= 11 is 0. The lowest BCUT2D eigenvalue weighted by atomic mass is 9.83. The second-order valence-corrected chi connectivity index (χ2v) is 7.14. The molecule has 128 valence electrons. The fourth-order valence-corrected chi connectivity index (χ4v) is 4.02. The first-order valence-corrected chi connectivity index (χ1v) is 9.23. The van der Waals surface area contributed by atoms with E-state index in [0.29, 0.717) is 0 Å². The van der Waals surface area contributed by atoms with Crippen LogP contribution in [-0.2, 0) is 0 Å². The number of benzene rings is 4. The van der Waals surface area contributed by atoms with Crippen LogP contribution in [0, 0.1) is 27.7 Å². The molecule has 0 saturated carbocycles. The first-order valence-electron chi connectivity index (χ1n) is 9.23. The molecule has 0 saturated heterocycles. The maximum atomic E-state index is 2.30. The van der Waals surface area contributed by atoms with Gasteiger partial charge in [-0.3, -0.25) is 0 Å². The van der Waals surface area contributed by atoms with Crippen LogP contribution in [0.4, 0.5) is 0 Å². The van der Waals surface area contributed by atoms with Crippen molar-refractivity contribution in [2.45, 2.75) is 27.7 Å². The first-order chi connectivity index (χ1) is 12.6. The van der Waals surface area contributed by atoms with Gasteiger partial charge < -0.3 is 0 Å². The Labute approximate surface area is 156 Å². The maximum Gasteiger partial charge on any atom is -0.00240 e. The Morgan fingerprint density at radius 1 is 0.462 bits per heavy atom. The summed E-state index contributed by atoms with van der Waals surface area (Å²) in [6.07, 6.45) is 0. The van der Waals surface area contributed by atoms with Gasteiger partial charge in [-0.15, -0.1) is 0 Å². The van der Waals surface area contributed by atoms with Gasteiger partial charge in [0.1, 0.15) is 0 Å². The molecule has 0 heteroatoms. The molecule has 4 rings (SSSR count). The van der Waals surface area contributed by atoms with Gasteiger partial charge in [0.15, 0.2) is 0 Å². The van der Waals surface area contributed by atoms with Crippen molar-refractivity contribution >= 4 is 10.8 Å². The number of hydrogen-bond acceptors (Lipinski definition) is 0. The average molecular weight is 336 g/mol. The lowest BCUT2D eigenvalue weighted by Gasteiger charge is -2.20. The number of fused-ring (bicyclic) bond motifs is 1. The topological polar surface area (TPSA) is 0 Å². The zero-order valence-corrected chi connectivity index (χ0v) is 15.9. The summed E-state index contributed by atoms with van der Waals surface area (Å²) in [6.45, 7) is 9.01. The van der Waals surface area contributed by atoms with E-state index in [9.17, 15) is 0 Å². The second kappa shape index (κ2) is 6.46. The number of rotatable bonds is 2. The van der Waals surface area contributed by atoms with Crippen LogP contribution in [0.1, 0.15) is 22.3 Å². The van der Waals surface area contributed by atoms with Crippen molar-refractivity contribution in [3.05, 3.63) is 95.1 Å². The predicted molar refractivity (Wildman–Crippen MR) is 114 cm³/mol. The predicted octanol–water partition coefficient (Wildman–Crippen LogP) is 7.41. The molecular weight excluding hydrogens is 312 g/mol. The molecule has 0 N–H and O–H groups in total. The van der Waals surface area contributed by atoms with Crippen molar-refractivity contribution in [2.75, 3.05) is 0 Å². The molecule has 26 heavy (non-hydrogen) atoms. The minimum absolute atomic E-state index is 1.27. The summed E-state index contributed by atoms with van der Waals surface area (Å²) in [5.41, 5.74) is 10.8. The zero-order valence-electron chi connectivity index (χ0n) is 15.9. The highest BCUT2D eigenvalue weighted by Crippen LogP contribution is 2.42. The van der Waals surface area contributed by atoms with E-state index in [1.807, 2.05) is 0 Å². The Balaban J connectivity index is 2.21. The molecule has 0 aliphatic carbocycles. The van der Waals surface area contributed by atoms with Crippen LogP contribution in [0.25, 0.3) is 33.0 Å². The van der Waals surface area contributed by atoms with Crippen molar-refractivity contribution in [3.8, 4) is 22.3 Å². The third-order valence-corrected chi connectivity index (χ3v) is 5.82. The Morgan fingerprint density at radius 2 is 1.00 bits per heavy atom. The van der Waals surface area contributed by atoms with Gasteiger partial charge in [-0.1, -0.05) is 72.8 Å². The molecule has 0 atom stereocenters. The lowest BCUT2D eigenvalue weighted by Crippen LogP contribution is -1.97. The quantitative estimate of drug-likeness (QED) is 0.357. The standard InChI is InChI=1S/C26H24/c1-17-18(2)20(4)25-23(19(17)3)15-16-24(21-11-7-5-8-12-21)26(25)22-13-9-6-10-14-22/h5-16H,1-4H3. The van der Waals surface area contributed by atoms with Crippen LogP contribution in [-0.4, -0.2) is 0 Å². The van der Waals surface area contributed by atoms with E-state index in [1.165, 1.54) is 55.3 Å². The normalized spacial score (nSPS) is 11.1. The SMILES string of the molecule is Cc1c(C)c(C)c2c(-c3ccccc3)c(-c3ccccc3)ccc2c1C. The largest absolute Gasteiger partial charge is 0.0622 e. The van der Waals surface area contributed by atoms with Gasteiger partial charge in [-0.25, -0.2) is 0 Å². The fourth-order valence-electron chi connectivity index (χ4n) is 4.02. The van der Waals surface area contributed by atoms with Gasteiger partial charge in [-0.05, 0) is 83.0 Å². The number of hydrogen-bond donors (Lipinski definition) is 0. The summed E-state index contributed by atoms with van der Waals surface area (Å²) in [5, 5.41) is 2.75. The van der Waals surface area contributed by atoms with E-state index in [-0.39, 0.29) is 0 Å². The summed E-state index contributed by atoms with van der Waals surface area (Å²) in [6, 6.07) is 26.1. The average Bonchev–Trinajstić information content (AvgIpc) is 2.71.